The van der Waals surface area contributed by atoms with Crippen LogP contribution < -0.4 is 10.2 Å². The number of halogens is 2. The highest BCUT2D eigenvalue weighted by Gasteiger charge is 2.42. The number of sulfone groups is 1. The molecule has 2 heterocycles. The van der Waals surface area contributed by atoms with Crippen molar-refractivity contribution in [3.05, 3.63) is 30.1 Å². The highest BCUT2D eigenvalue weighted by Crippen LogP contribution is 2.30. The molecule has 30 heavy (non-hydrogen) atoms. The molecule has 170 valence electrons. The lowest BCUT2D eigenvalue weighted by molar-refractivity contribution is 0.0767. The number of nitrogens with one attached hydrogen (secondary N) is 1. The SMILES string of the molecule is CCNC(=NCC1(S(C)(=O)=O)CCOCC1)N1CCN(c2ccccc2F)CC1.I. The Morgan fingerprint density at radius 2 is 1.83 bits per heavy atom. The largest absolute Gasteiger partial charge is 0.381 e. The van der Waals surface area contributed by atoms with Crippen molar-refractivity contribution in [1.29, 1.82) is 0 Å². The Morgan fingerprint density at radius 3 is 2.40 bits per heavy atom. The first-order valence-corrected chi connectivity index (χ1v) is 12.1. The molecule has 0 amide bonds. The van der Waals surface area contributed by atoms with Gasteiger partial charge in [0.25, 0.3) is 0 Å². The summed E-state index contributed by atoms with van der Waals surface area (Å²) in [5.74, 6) is 0.506. The number of piperazine rings is 1. The van der Waals surface area contributed by atoms with Crippen LogP contribution in [0.1, 0.15) is 19.8 Å². The molecule has 2 aliphatic heterocycles. The maximum absolute atomic E-state index is 14.1. The van der Waals surface area contributed by atoms with E-state index in [9.17, 15) is 12.8 Å². The van der Waals surface area contributed by atoms with Gasteiger partial charge >= 0.3 is 0 Å². The van der Waals surface area contributed by atoms with Crippen molar-refractivity contribution in [3.63, 3.8) is 0 Å². The van der Waals surface area contributed by atoms with Crippen molar-refractivity contribution in [3.8, 4) is 0 Å². The summed E-state index contributed by atoms with van der Waals surface area (Å²) in [6, 6.07) is 6.81. The zero-order valence-electron chi connectivity index (χ0n) is 17.6. The second-order valence-electron chi connectivity index (χ2n) is 7.66. The molecule has 3 rings (SSSR count). The van der Waals surface area contributed by atoms with Crippen LogP contribution in [0.3, 0.4) is 0 Å². The number of aliphatic imine (C=N–C) groups is 1. The number of nitrogens with zero attached hydrogens (tertiary/aromatic N) is 3. The fourth-order valence-corrected chi connectivity index (χ4v) is 5.11. The monoisotopic (exact) mass is 554 g/mol. The highest BCUT2D eigenvalue weighted by molar-refractivity contribution is 14.0. The molecule has 0 aromatic heterocycles. The predicted molar refractivity (Wildman–Crippen MR) is 129 cm³/mol. The van der Waals surface area contributed by atoms with Crippen LogP contribution >= 0.6 is 24.0 Å². The van der Waals surface area contributed by atoms with Crippen molar-refractivity contribution in [2.24, 2.45) is 4.99 Å². The highest BCUT2D eigenvalue weighted by atomic mass is 127. The Labute approximate surface area is 196 Å². The number of para-hydroxylation sites is 1. The standard InChI is InChI=1S/C20H31FN4O3S.HI/c1-3-22-19(23-16-20(29(2,26)27)8-14-28-15-9-20)25-12-10-24(11-13-25)18-7-5-4-6-17(18)21;/h4-7H,3,8-16H2,1-2H3,(H,22,23);1H. The Morgan fingerprint density at radius 1 is 1.20 bits per heavy atom. The van der Waals surface area contributed by atoms with Gasteiger partial charge in [0.05, 0.1) is 17.0 Å². The van der Waals surface area contributed by atoms with Gasteiger partial charge in [-0.2, -0.15) is 0 Å². The number of anilines is 1. The van der Waals surface area contributed by atoms with E-state index >= 15 is 0 Å². The quantitative estimate of drug-likeness (QED) is 0.342. The van der Waals surface area contributed by atoms with Gasteiger partial charge in [0.15, 0.2) is 15.8 Å². The van der Waals surface area contributed by atoms with Gasteiger partial charge in [-0.1, -0.05) is 12.1 Å². The molecule has 1 aromatic rings. The topological polar surface area (TPSA) is 74.2 Å². The fraction of sp³-hybridized carbons (Fsp3) is 0.650. The van der Waals surface area contributed by atoms with Crippen molar-refractivity contribution in [2.45, 2.75) is 24.5 Å². The second kappa shape index (κ2) is 10.9. The van der Waals surface area contributed by atoms with Crippen molar-refractivity contribution < 1.29 is 17.5 Å². The molecule has 0 aliphatic carbocycles. The van der Waals surface area contributed by atoms with Gasteiger partial charge < -0.3 is 19.9 Å². The molecule has 7 nitrogen and oxygen atoms in total. The van der Waals surface area contributed by atoms with E-state index in [4.69, 9.17) is 9.73 Å². The van der Waals surface area contributed by atoms with Gasteiger partial charge in [0, 0.05) is 52.2 Å². The van der Waals surface area contributed by atoms with E-state index < -0.39 is 14.6 Å². The van der Waals surface area contributed by atoms with Crippen LogP contribution in [0, 0.1) is 5.82 Å². The number of rotatable bonds is 5. The molecule has 1 aromatic carbocycles. The predicted octanol–water partition coefficient (Wildman–Crippen LogP) is 2.13. The smallest absolute Gasteiger partial charge is 0.194 e. The van der Waals surface area contributed by atoms with Crippen molar-refractivity contribution >= 4 is 45.5 Å². The normalized spacial score (nSPS) is 19.9. The van der Waals surface area contributed by atoms with Crippen LogP contribution in [0.4, 0.5) is 10.1 Å². The first kappa shape index (κ1) is 25.1. The van der Waals surface area contributed by atoms with Gasteiger partial charge in [-0.25, -0.2) is 12.8 Å². The molecule has 0 atom stereocenters. The Balaban J connectivity index is 0.00000320. The fourth-order valence-electron chi connectivity index (χ4n) is 3.90. The minimum absolute atomic E-state index is 0. The van der Waals surface area contributed by atoms with Crippen LogP contribution in [0.5, 0.6) is 0 Å². The molecular weight excluding hydrogens is 522 g/mol. The molecule has 2 fully saturated rings. The maximum Gasteiger partial charge on any atom is 0.194 e. The van der Waals surface area contributed by atoms with E-state index in [0.717, 1.165) is 5.96 Å². The van der Waals surface area contributed by atoms with Crippen molar-refractivity contribution in [1.82, 2.24) is 10.2 Å². The average Bonchev–Trinajstić information content (AvgIpc) is 2.72. The Bertz CT molecular complexity index is 823. The van der Waals surface area contributed by atoms with Gasteiger partial charge in [-0.3, -0.25) is 4.99 Å². The van der Waals surface area contributed by atoms with Gasteiger partial charge in [0.2, 0.25) is 0 Å². The third-order valence-corrected chi connectivity index (χ3v) is 7.93. The molecule has 0 saturated carbocycles. The molecule has 0 radical (unpaired) electrons. The van der Waals surface area contributed by atoms with Crippen LogP contribution in [-0.2, 0) is 14.6 Å². The molecule has 0 bridgehead atoms. The summed E-state index contributed by atoms with van der Waals surface area (Å²) in [5, 5.41) is 3.28. The van der Waals surface area contributed by atoms with E-state index in [2.05, 4.69) is 10.2 Å². The maximum atomic E-state index is 14.1. The molecule has 0 spiro atoms. The Kier molecular flexibility index (Phi) is 9.16. The van der Waals surface area contributed by atoms with Crippen LogP contribution in [-0.4, -0.2) is 82.8 Å². The van der Waals surface area contributed by atoms with Gasteiger partial charge in [0.1, 0.15) is 5.82 Å². The average molecular weight is 554 g/mol. The number of hydrogen-bond donors (Lipinski definition) is 1. The van der Waals surface area contributed by atoms with Crippen LogP contribution in [0.15, 0.2) is 29.3 Å². The number of guanidine groups is 1. The Hall–Kier alpha value is -1.14. The molecule has 2 aliphatic rings. The molecular formula is C20H32FIN4O3S. The summed E-state index contributed by atoms with van der Waals surface area (Å²) in [7, 11) is -3.26. The van der Waals surface area contributed by atoms with E-state index in [1.165, 1.54) is 12.3 Å². The van der Waals surface area contributed by atoms with E-state index in [1.807, 2.05) is 17.9 Å². The third kappa shape index (κ3) is 5.76. The number of benzene rings is 1. The number of hydrogen-bond acceptors (Lipinski definition) is 5. The van der Waals surface area contributed by atoms with E-state index in [-0.39, 0.29) is 36.3 Å². The minimum atomic E-state index is -3.26. The lowest BCUT2D eigenvalue weighted by Gasteiger charge is -2.38. The molecule has 2 saturated heterocycles. The number of ether oxygens (including phenoxy) is 1. The van der Waals surface area contributed by atoms with Gasteiger partial charge in [-0.05, 0) is 31.9 Å². The summed E-state index contributed by atoms with van der Waals surface area (Å²) >= 11 is 0. The zero-order valence-corrected chi connectivity index (χ0v) is 20.8. The summed E-state index contributed by atoms with van der Waals surface area (Å²) in [5.41, 5.74) is 0.618. The van der Waals surface area contributed by atoms with Gasteiger partial charge in [-0.15, -0.1) is 24.0 Å². The lowest BCUT2D eigenvalue weighted by Crippen LogP contribution is -2.53. The second-order valence-corrected chi connectivity index (χ2v) is 10.1. The van der Waals surface area contributed by atoms with E-state index in [1.54, 1.807) is 12.1 Å². The summed E-state index contributed by atoms with van der Waals surface area (Å²) in [4.78, 5) is 8.87. The van der Waals surface area contributed by atoms with E-state index in [0.29, 0.717) is 64.5 Å². The first-order chi connectivity index (χ1) is 13.9. The summed E-state index contributed by atoms with van der Waals surface area (Å²) in [6.45, 7) is 6.54. The first-order valence-electron chi connectivity index (χ1n) is 10.2. The molecule has 10 heteroatoms. The van der Waals surface area contributed by atoms with Crippen molar-refractivity contribution in [2.75, 3.05) is 63.6 Å². The minimum Gasteiger partial charge on any atom is -0.381 e. The summed E-state index contributed by atoms with van der Waals surface area (Å²) in [6.07, 6.45) is 2.24. The zero-order chi connectivity index (χ0) is 20.9. The lowest BCUT2D eigenvalue weighted by atomic mass is 9.99. The molecule has 1 N–H and O–H groups in total. The van der Waals surface area contributed by atoms with Crippen LogP contribution in [0.2, 0.25) is 0 Å². The van der Waals surface area contributed by atoms with Crippen LogP contribution in [0.25, 0.3) is 0 Å². The summed E-state index contributed by atoms with van der Waals surface area (Å²) < 4.78 is 43.6. The molecule has 0 unspecified atom stereocenters. The third-order valence-electron chi connectivity index (χ3n) is 5.81.